The monoisotopic (exact) mass is 272 g/mol. The largest absolute Gasteiger partial charge is 0.383 e. The maximum absolute atomic E-state index is 5.94. The van der Waals surface area contributed by atoms with Crippen LogP contribution in [0.1, 0.15) is 5.82 Å². The zero-order chi connectivity index (χ0) is 13.2. The van der Waals surface area contributed by atoms with Gasteiger partial charge in [-0.3, -0.25) is 0 Å². The first-order chi connectivity index (χ1) is 9.24. The first-order valence-corrected chi connectivity index (χ1v) is 6.70. The highest BCUT2D eigenvalue weighted by atomic mass is 32.2. The van der Waals surface area contributed by atoms with Crippen LogP contribution in [0.15, 0.2) is 35.7 Å². The molecule has 0 unspecified atom stereocenters. The SMILES string of the molecule is Cn1cnnc1SCc1nc(N)c2ccccc2n1. The Morgan fingerprint density at radius 1 is 1.26 bits per heavy atom. The highest BCUT2D eigenvalue weighted by molar-refractivity contribution is 7.98. The van der Waals surface area contributed by atoms with Crippen LogP contribution in [0.2, 0.25) is 0 Å². The molecular weight excluding hydrogens is 260 g/mol. The summed E-state index contributed by atoms with van der Waals surface area (Å²) < 4.78 is 1.86. The predicted molar refractivity (Wildman–Crippen MR) is 74.5 cm³/mol. The van der Waals surface area contributed by atoms with E-state index in [2.05, 4.69) is 20.2 Å². The standard InChI is InChI=1S/C12H12N6S/c1-18-7-14-17-12(18)19-6-10-15-9-5-3-2-4-8(9)11(13)16-10/h2-5,7H,6H2,1H3,(H2,13,15,16). The number of para-hydroxylation sites is 1. The van der Waals surface area contributed by atoms with Crippen molar-refractivity contribution in [3.8, 4) is 0 Å². The Bertz CT molecular complexity index is 723. The molecule has 2 N–H and O–H groups in total. The van der Waals surface area contributed by atoms with Gasteiger partial charge in [0.25, 0.3) is 0 Å². The van der Waals surface area contributed by atoms with Gasteiger partial charge < -0.3 is 10.3 Å². The first kappa shape index (κ1) is 11.9. The third-order valence-corrected chi connectivity index (χ3v) is 3.71. The van der Waals surface area contributed by atoms with Gasteiger partial charge >= 0.3 is 0 Å². The number of hydrogen-bond acceptors (Lipinski definition) is 6. The lowest BCUT2D eigenvalue weighted by atomic mass is 10.2. The molecule has 3 aromatic rings. The molecule has 0 aliphatic heterocycles. The molecule has 0 aliphatic carbocycles. The highest BCUT2D eigenvalue weighted by Crippen LogP contribution is 2.22. The minimum Gasteiger partial charge on any atom is -0.383 e. The normalized spacial score (nSPS) is 11.0. The van der Waals surface area contributed by atoms with E-state index in [9.17, 15) is 0 Å². The summed E-state index contributed by atoms with van der Waals surface area (Å²) in [5.41, 5.74) is 6.81. The maximum Gasteiger partial charge on any atom is 0.191 e. The van der Waals surface area contributed by atoms with Crippen LogP contribution in [0.5, 0.6) is 0 Å². The molecule has 0 radical (unpaired) electrons. The van der Waals surface area contributed by atoms with E-state index in [4.69, 9.17) is 5.73 Å². The summed E-state index contributed by atoms with van der Waals surface area (Å²) in [6.45, 7) is 0. The fourth-order valence-corrected chi connectivity index (χ4v) is 2.49. The third kappa shape index (κ3) is 2.37. The van der Waals surface area contributed by atoms with Crippen molar-refractivity contribution in [3.63, 3.8) is 0 Å². The Hall–Kier alpha value is -2.15. The molecule has 0 fully saturated rings. The lowest BCUT2D eigenvalue weighted by molar-refractivity contribution is 0.787. The van der Waals surface area contributed by atoms with Crippen LogP contribution in [0.4, 0.5) is 5.82 Å². The van der Waals surface area contributed by atoms with E-state index in [0.29, 0.717) is 17.4 Å². The van der Waals surface area contributed by atoms with E-state index in [-0.39, 0.29) is 0 Å². The molecule has 0 atom stereocenters. The molecule has 7 heteroatoms. The number of aryl methyl sites for hydroxylation is 1. The number of anilines is 1. The van der Waals surface area contributed by atoms with Crippen LogP contribution in [-0.2, 0) is 12.8 Å². The van der Waals surface area contributed by atoms with E-state index in [1.165, 1.54) is 11.8 Å². The molecule has 3 rings (SSSR count). The van der Waals surface area contributed by atoms with Gasteiger partial charge in [-0.25, -0.2) is 9.97 Å². The highest BCUT2D eigenvalue weighted by Gasteiger charge is 2.07. The molecule has 0 saturated carbocycles. The molecular formula is C12H12N6S. The second-order valence-corrected chi connectivity index (χ2v) is 5.00. The number of benzene rings is 1. The van der Waals surface area contributed by atoms with Gasteiger partial charge in [-0.2, -0.15) is 0 Å². The number of rotatable bonds is 3. The van der Waals surface area contributed by atoms with Crippen LogP contribution in [-0.4, -0.2) is 24.7 Å². The number of hydrogen-bond donors (Lipinski definition) is 1. The Balaban J connectivity index is 1.87. The van der Waals surface area contributed by atoms with Gasteiger partial charge in [0.05, 0.1) is 11.3 Å². The van der Waals surface area contributed by atoms with Crippen molar-refractivity contribution >= 4 is 28.5 Å². The van der Waals surface area contributed by atoms with Gasteiger partial charge in [0.2, 0.25) is 0 Å². The Kier molecular flexibility index (Phi) is 3.04. The van der Waals surface area contributed by atoms with E-state index < -0.39 is 0 Å². The minimum absolute atomic E-state index is 0.513. The van der Waals surface area contributed by atoms with E-state index in [0.717, 1.165) is 16.1 Å². The predicted octanol–water partition coefficient (Wildman–Crippen LogP) is 1.63. The molecule has 0 aliphatic rings. The topological polar surface area (TPSA) is 82.5 Å². The van der Waals surface area contributed by atoms with Crippen molar-refractivity contribution in [3.05, 3.63) is 36.4 Å². The average molecular weight is 272 g/mol. The smallest absolute Gasteiger partial charge is 0.191 e. The second-order valence-electron chi connectivity index (χ2n) is 4.06. The van der Waals surface area contributed by atoms with Crippen LogP contribution < -0.4 is 5.73 Å². The molecule has 19 heavy (non-hydrogen) atoms. The summed E-state index contributed by atoms with van der Waals surface area (Å²) in [4.78, 5) is 8.81. The Morgan fingerprint density at radius 3 is 2.89 bits per heavy atom. The fraction of sp³-hybridized carbons (Fsp3) is 0.167. The van der Waals surface area contributed by atoms with Crippen molar-refractivity contribution in [1.82, 2.24) is 24.7 Å². The summed E-state index contributed by atoms with van der Waals surface area (Å²) in [5.74, 6) is 1.82. The van der Waals surface area contributed by atoms with Crippen molar-refractivity contribution in [2.45, 2.75) is 10.9 Å². The molecule has 0 spiro atoms. The van der Waals surface area contributed by atoms with Crippen LogP contribution in [0.25, 0.3) is 10.9 Å². The van der Waals surface area contributed by atoms with Gasteiger partial charge in [0.1, 0.15) is 18.0 Å². The molecule has 2 aromatic heterocycles. The van der Waals surface area contributed by atoms with Gasteiger partial charge in [0, 0.05) is 12.4 Å². The minimum atomic E-state index is 0.513. The molecule has 6 nitrogen and oxygen atoms in total. The van der Waals surface area contributed by atoms with Crippen molar-refractivity contribution in [2.24, 2.45) is 7.05 Å². The molecule has 0 amide bonds. The average Bonchev–Trinajstić information content (AvgIpc) is 2.82. The zero-order valence-electron chi connectivity index (χ0n) is 10.3. The molecule has 96 valence electrons. The van der Waals surface area contributed by atoms with Crippen molar-refractivity contribution < 1.29 is 0 Å². The lowest BCUT2D eigenvalue weighted by Crippen LogP contribution is -2.00. The Morgan fingerprint density at radius 2 is 2.11 bits per heavy atom. The molecule has 1 aromatic carbocycles. The second kappa shape index (κ2) is 4.85. The van der Waals surface area contributed by atoms with Crippen LogP contribution in [0, 0.1) is 0 Å². The van der Waals surface area contributed by atoms with Gasteiger partial charge in [-0.05, 0) is 12.1 Å². The quantitative estimate of drug-likeness (QED) is 0.730. The number of nitrogens with two attached hydrogens (primary N) is 1. The Labute approximate surface area is 114 Å². The molecule has 0 bridgehead atoms. The van der Waals surface area contributed by atoms with Crippen molar-refractivity contribution in [2.75, 3.05) is 5.73 Å². The summed E-state index contributed by atoms with van der Waals surface area (Å²) in [7, 11) is 1.90. The van der Waals surface area contributed by atoms with E-state index in [1.54, 1.807) is 6.33 Å². The van der Waals surface area contributed by atoms with Crippen LogP contribution in [0.3, 0.4) is 0 Å². The van der Waals surface area contributed by atoms with Gasteiger partial charge in [-0.15, -0.1) is 10.2 Å². The summed E-state index contributed by atoms with van der Waals surface area (Å²) in [5, 5.41) is 9.55. The van der Waals surface area contributed by atoms with Gasteiger partial charge in [-0.1, -0.05) is 23.9 Å². The lowest BCUT2D eigenvalue weighted by Gasteiger charge is -2.04. The van der Waals surface area contributed by atoms with E-state index >= 15 is 0 Å². The first-order valence-electron chi connectivity index (χ1n) is 5.72. The zero-order valence-corrected chi connectivity index (χ0v) is 11.1. The number of aromatic nitrogens is 5. The summed E-state index contributed by atoms with van der Waals surface area (Å²) in [6, 6.07) is 7.72. The molecule has 0 saturated heterocycles. The van der Waals surface area contributed by atoms with Crippen molar-refractivity contribution in [1.29, 1.82) is 0 Å². The number of nitrogens with zero attached hydrogens (tertiary/aromatic N) is 5. The number of nitrogen functional groups attached to an aromatic ring is 1. The molecule has 2 heterocycles. The summed E-state index contributed by atoms with van der Waals surface area (Å²) >= 11 is 1.53. The number of thioether (sulfide) groups is 1. The maximum atomic E-state index is 5.94. The van der Waals surface area contributed by atoms with Crippen LogP contribution >= 0.6 is 11.8 Å². The fourth-order valence-electron chi connectivity index (χ4n) is 1.75. The van der Waals surface area contributed by atoms with Gasteiger partial charge in [0.15, 0.2) is 5.16 Å². The van der Waals surface area contributed by atoms with E-state index in [1.807, 2.05) is 35.9 Å². The number of fused-ring (bicyclic) bond motifs is 1. The summed E-state index contributed by atoms with van der Waals surface area (Å²) in [6.07, 6.45) is 1.66. The third-order valence-electron chi connectivity index (χ3n) is 2.68.